The van der Waals surface area contributed by atoms with Crippen LogP contribution in [0.25, 0.3) is 11.0 Å². The maximum Gasteiger partial charge on any atom is 0.231 e. The van der Waals surface area contributed by atoms with Crippen molar-refractivity contribution in [3.8, 4) is 11.5 Å². The summed E-state index contributed by atoms with van der Waals surface area (Å²) in [6, 6.07) is 10.9. The first-order chi connectivity index (χ1) is 14.7. The molecule has 3 heterocycles. The summed E-state index contributed by atoms with van der Waals surface area (Å²) in [5.74, 6) is 2.57. The predicted molar refractivity (Wildman–Crippen MR) is 118 cm³/mol. The van der Waals surface area contributed by atoms with Crippen LogP contribution < -0.4 is 15.4 Å². The van der Waals surface area contributed by atoms with Gasteiger partial charge in [-0.05, 0) is 18.2 Å². The van der Waals surface area contributed by atoms with Crippen molar-refractivity contribution in [2.45, 2.75) is 33.1 Å². The quantitative estimate of drug-likeness (QED) is 0.480. The second-order valence-electron chi connectivity index (χ2n) is 8.26. The van der Waals surface area contributed by atoms with Gasteiger partial charge in [-0.1, -0.05) is 25.9 Å². The van der Waals surface area contributed by atoms with E-state index in [0.29, 0.717) is 29.1 Å². The summed E-state index contributed by atoms with van der Waals surface area (Å²) in [7, 11) is 1.92. The minimum atomic E-state index is -0.194. The first-order valence-corrected chi connectivity index (χ1v) is 9.81. The standard InChI is InChI=1S/C22H24N6O3/c1-13(29)24-19-11-15(8-9-23-19)30-14-6-7-17-16(10-14)25-21(28(17)5)26-20-12-18(27-31-20)22(2,3)4/h6-12H,1-5H3,(H,25,26)(H,23,24,29). The van der Waals surface area contributed by atoms with Crippen LogP contribution in [-0.4, -0.2) is 25.6 Å². The molecule has 0 unspecified atom stereocenters. The van der Waals surface area contributed by atoms with Gasteiger partial charge in [-0.25, -0.2) is 9.97 Å². The van der Waals surface area contributed by atoms with Gasteiger partial charge in [-0.15, -0.1) is 0 Å². The Hall–Kier alpha value is -3.88. The van der Waals surface area contributed by atoms with E-state index in [-0.39, 0.29) is 11.3 Å². The second kappa shape index (κ2) is 7.75. The molecule has 9 heteroatoms. The molecule has 0 fully saturated rings. The van der Waals surface area contributed by atoms with E-state index in [9.17, 15) is 4.79 Å². The van der Waals surface area contributed by atoms with Crippen molar-refractivity contribution in [2.75, 3.05) is 10.6 Å². The SMILES string of the molecule is CC(=O)Nc1cc(Oc2ccc3c(c2)nc(Nc2cc(C(C)(C)C)no2)n3C)ccn1. The average molecular weight is 420 g/mol. The molecule has 0 saturated carbocycles. The third-order valence-electron chi connectivity index (χ3n) is 4.64. The van der Waals surface area contributed by atoms with Gasteiger partial charge in [0.2, 0.25) is 17.7 Å². The summed E-state index contributed by atoms with van der Waals surface area (Å²) in [6.07, 6.45) is 1.57. The number of fused-ring (bicyclic) bond motifs is 1. The van der Waals surface area contributed by atoms with Crippen LogP contribution in [0.5, 0.6) is 11.5 Å². The number of nitrogens with one attached hydrogen (secondary N) is 2. The molecule has 3 aromatic heterocycles. The number of carbonyl (C=O) groups is 1. The number of pyridine rings is 1. The zero-order chi connectivity index (χ0) is 22.2. The molecular weight excluding hydrogens is 396 g/mol. The fraction of sp³-hybridized carbons (Fsp3) is 0.273. The molecule has 0 radical (unpaired) electrons. The van der Waals surface area contributed by atoms with Gasteiger partial charge in [0.15, 0.2) is 0 Å². The Kier molecular flexibility index (Phi) is 5.10. The van der Waals surface area contributed by atoms with E-state index in [1.807, 2.05) is 35.9 Å². The molecule has 0 aliphatic heterocycles. The van der Waals surface area contributed by atoms with Gasteiger partial charge >= 0.3 is 0 Å². The van der Waals surface area contributed by atoms with Crippen molar-refractivity contribution in [3.63, 3.8) is 0 Å². The molecule has 4 aromatic rings. The summed E-state index contributed by atoms with van der Waals surface area (Å²) in [5, 5.41) is 9.95. The molecule has 0 aliphatic carbocycles. The zero-order valence-corrected chi connectivity index (χ0v) is 18.1. The second-order valence-corrected chi connectivity index (χ2v) is 8.26. The van der Waals surface area contributed by atoms with Gasteiger partial charge in [-0.2, -0.15) is 0 Å². The van der Waals surface area contributed by atoms with Crippen LogP contribution in [0.4, 0.5) is 17.7 Å². The van der Waals surface area contributed by atoms with Crippen LogP contribution >= 0.6 is 0 Å². The van der Waals surface area contributed by atoms with Gasteiger partial charge < -0.3 is 19.1 Å². The van der Waals surface area contributed by atoms with Gasteiger partial charge in [0, 0.05) is 43.8 Å². The molecule has 9 nitrogen and oxygen atoms in total. The van der Waals surface area contributed by atoms with Gasteiger partial charge in [0.1, 0.15) is 17.3 Å². The lowest BCUT2D eigenvalue weighted by molar-refractivity contribution is -0.114. The lowest BCUT2D eigenvalue weighted by atomic mass is 9.92. The third kappa shape index (κ3) is 4.50. The van der Waals surface area contributed by atoms with Crippen LogP contribution in [0.2, 0.25) is 0 Å². The molecular formula is C22H24N6O3. The molecule has 0 saturated heterocycles. The number of rotatable bonds is 5. The molecule has 0 aliphatic rings. The van der Waals surface area contributed by atoms with Crippen molar-refractivity contribution in [1.82, 2.24) is 19.7 Å². The highest BCUT2D eigenvalue weighted by Crippen LogP contribution is 2.30. The van der Waals surface area contributed by atoms with E-state index in [1.54, 1.807) is 18.3 Å². The Morgan fingerprint density at radius 2 is 1.90 bits per heavy atom. The normalized spacial score (nSPS) is 11.5. The van der Waals surface area contributed by atoms with Crippen molar-refractivity contribution >= 4 is 34.6 Å². The number of carbonyl (C=O) groups excluding carboxylic acids is 1. The Morgan fingerprint density at radius 1 is 1.13 bits per heavy atom. The molecule has 4 rings (SSSR count). The number of imidazole rings is 1. The van der Waals surface area contributed by atoms with Crippen LogP contribution in [0.15, 0.2) is 47.1 Å². The van der Waals surface area contributed by atoms with Crippen LogP contribution in [0, 0.1) is 0 Å². The number of anilines is 3. The average Bonchev–Trinajstić information content (AvgIpc) is 3.27. The summed E-state index contributed by atoms with van der Waals surface area (Å²) in [6.45, 7) is 7.66. The molecule has 0 atom stereocenters. The van der Waals surface area contributed by atoms with E-state index in [0.717, 1.165) is 16.7 Å². The number of hydrogen-bond donors (Lipinski definition) is 2. The van der Waals surface area contributed by atoms with E-state index < -0.39 is 0 Å². The highest BCUT2D eigenvalue weighted by atomic mass is 16.5. The molecule has 2 N–H and O–H groups in total. The lowest BCUT2D eigenvalue weighted by Crippen LogP contribution is -2.10. The van der Waals surface area contributed by atoms with E-state index in [4.69, 9.17) is 9.26 Å². The number of hydrogen-bond acceptors (Lipinski definition) is 7. The van der Waals surface area contributed by atoms with Crippen molar-refractivity contribution in [1.29, 1.82) is 0 Å². The van der Waals surface area contributed by atoms with Crippen molar-refractivity contribution < 1.29 is 14.1 Å². The number of benzene rings is 1. The first kappa shape index (κ1) is 20.4. The summed E-state index contributed by atoms with van der Waals surface area (Å²) in [4.78, 5) is 20.0. The smallest absolute Gasteiger partial charge is 0.231 e. The van der Waals surface area contributed by atoms with Gasteiger partial charge in [-0.3, -0.25) is 10.1 Å². The van der Waals surface area contributed by atoms with Gasteiger partial charge in [0.25, 0.3) is 0 Å². The largest absolute Gasteiger partial charge is 0.457 e. The molecule has 0 spiro atoms. The minimum Gasteiger partial charge on any atom is -0.457 e. The number of amides is 1. The Morgan fingerprint density at radius 3 is 2.61 bits per heavy atom. The third-order valence-corrected chi connectivity index (χ3v) is 4.64. The minimum absolute atomic E-state index is 0.102. The fourth-order valence-corrected chi connectivity index (χ4v) is 3.01. The summed E-state index contributed by atoms with van der Waals surface area (Å²) >= 11 is 0. The van der Waals surface area contributed by atoms with E-state index in [2.05, 4.69) is 46.5 Å². The molecule has 1 amide bonds. The highest BCUT2D eigenvalue weighted by Gasteiger charge is 2.20. The lowest BCUT2D eigenvalue weighted by Gasteiger charge is -2.12. The number of aryl methyl sites for hydroxylation is 1. The molecule has 1 aromatic carbocycles. The predicted octanol–water partition coefficient (Wildman–Crippen LogP) is 4.75. The van der Waals surface area contributed by atoms with Crippen LogP contribution in [-0.2, 0) is 17.3 Å². The highest BCUT2D eigenvalue weighted by molar-refractivity contribution is 5.87. The topological polar surface area (TPSA) is 107 Å². The number of nitrogens with zero attached hydrogens (tertiary/aromatic N) is 4. The fourth-order valence-electron chi connectivity index (χ4n) is 3.01. The monoisotopic (exact) mass is 420 g/mol. The van der Waals surface area contributed by atoms with Crippen LogP contribution in [0.3, 0.4) is 0 Å². The maximum absolute atomic E-state index is 11.2. The maximum atomic E-state index is 11.2. The Labute approximate surface area is 179 Å². The summed E-state index contributed by atoms with van der Waals surface area (Å²) < 4.78 is 13.3. The Bertz CT molecular complexity index is 1250. The van der Waals surface area contributed by atoms with Gasteiger partial charge in [0.05, 0.1) is 16.7 Å². The molecule has 31 heavy (non-hydrogen) atoms. The summed E-state index contributed by atoms with van der Waals surface area (Å²) in [5.41, 5.74) is 2.45. The number of aromatic nitrogens is 4. The van der Waals surface area contributed by atoms with Crippen molar-refractivity contribution in [3.05, 3.63) is 48.3 Å². The van der Waals surface area contributed by atoms with E-state index >= 15 is 0 Å². The first-order valence-electron chi connectivity index (χ1n) is 9.81. The van der Waals surface area contributed by atoms with Crippen LogP contribution in [0.1, 0.15) is 33.4 Å². The number of ether oxygens (including phenoxy) is 1. The Balaban J connectivity index is 1.56. The molecule has 160 valence electrons. The van der Waals surface area contributed by atoms with E-state index in [1.165, 1.54) is 6.92 Å². The van der Waals surface area contributed by atoms with Crippen molar-refractivity contribution in [2.24, 2.45) is 7.05 Å². The molecule has 0 bridgehead atoms. The zero-order valence-electron chi connectivity index (χ0n) is 18.1.